The van der Waals surface area contributed by atoms with Gasteiger partial charge < -0.3 is 36.4 Å². The summed E-state index contributed by atoms with van der Waals surface area (Å²) < 4.78 is 32.5. The number of amides is 11. The smallest absolute Gasteiger partial charge is 0.319 e. The van der Waals surface area contributed by atoms with Crippen LogP contribution in [0.25, 0.3) is 33.8 Å². The summed E-state index contributed by atoms with van der Waals surface area (Å²) in [6, 6.07) is 83.9. The van der Waals surface area contributed by atoms with Crippen molar-refractivity contribution in [2.24, 2.45) is 17.8 Å². The van der Waals surface area contributed by atoms with E-state index in [1.165, 1.54) is 29.2 Å². The van der Waals surface area contributed by atoms with Crippen LogP contribution in [0.15, 0.2) is 301 Å². The molecule has 28 nitrogen and oxygen atoms in total. The molecule has 7 atom stereocenters. The lowest BCUT2D eigenvalue weighted by atomic mass is 9.85. The monoisotopic (exact) mass is 1850 g/mol. The number of nitrogens with one attached hydrogen (secondary N) is 11. The molecule has 0 saturated carbocycles. The van der Waals surface area contributed by atoms with Gasteiger partial charge in [-0.25, -0.2) is 55.5 Å². The molecule has 0 radical (unpaired) electrons. The summed E-state index contributed by atoms with van der Waals surface area (Å²) in [6.45, 7) is 20.1. The van der Waals surface area contributed by atoms with Gasteiger partial charge in [-0.3, -0.25) is 54.8 Å². The summed E-state index contributed by atoms with van der Waals surface area (Å²) in [6.07, 6.45) is 1.79. The standard InChI is InChI=1S/C24H23N3O3S.C24H25N3O3.C20H25N3O3.C20H23NO3.C16H15F2N3O3/c1-15(2)19(16-8-10-18(11-9-16)24(28)26-29)12-23-25-21(14-31-23)22-13-20(27-30-22)17-6-4-3-5-7-17;1-16(2)22(18-12-14-19(15-13-18)23(28)27-30)26-24(29)25-21-11-7-6-10-20(21)17-8-4-3-5-9-17;1-13(2)18(16-9-11-17(12-10-16)19(24)23-26)22-20(25)21-14(3)15-7-5-4-6-8-15;1-14(16-6-4-3-5-7-16)12-19(22)13-15(2)17-8-10-18(11-9-17)20(23)21-24;1-9(10-5-7-11(8-6-10)15(22)21-24)19-16(23)20-14-12(17)3-2-4-13(14)18/h3-11,13-15,19,29H,12H2,1-2H3,(H,26,28);3-16,22,30H,1-2H3,(H,27,28)(H2,25,26,29);4-14,18,26H,1-3H3,(H,23,24)(H2,21,22,25);3-11,14-15,24H,12-13H2,1-2H3,(H,21,23);2-9,24H,1H3,(H,21,22)(H2,19,20,23)/t19-;22-;14-,18+;14-,15-;9-/m11001/s1. The van der Waals surface area contributed by atoms with Gasteiger partial charge in [0.25, 0.3) is 29.5 Å². The topological polar surface area (TPSA) is 426 Å². The van der Waals surface area contributed by atoms with Crippen molar-refractivity contribution in [1.82, 2.24) is 58.8 Å². The van der Waals surface area contributed by atoms with Crippen LogP contribution in [0.4, 0.5) is 34.5 Å². The van der Waals surface area contributed by atoms with Crippen LogP contribution < -0.4 is 59.3 Å². The summed E-state index contributed by atoms with van der Waals surface area (Å²) >= 11 is 1.61. The predicted molar refractivity (Wildman–Crippen MR) is 513 cm³/mol. The number of carbonyl (C=O) groups is 9. The van der Waals surface area contributed by atoms with Crippen molar-refractivity contribution in [2.45, 2.75) is 130 Å². The van der Waals surface area contributed by atoms with Gasteiger partial charge >= 0.3 is 18.1 Å². The zero-order valence-corrected chi connectivity index (χ0v) is 76.9. The quantitative estimate of drug-likeness (QED) is 0.0147. The van der Waals surface area contributed by atoms with Gasteiger partial charge in [0.15, 0.2) is 5.76 Å². The molecule has 13 aromatic rings. The van der Waals surface area contributed by atoms with Gasteiger partial charge in [0, 0.05) is 69.7 Å². The maximum Gasteiger partial charge on any atom is 0.319 e. The van der Waals surface area contributed by atoms with Crippen molar-refractivity contribution in [3.05, 3.63) is 380 Å². The number of nitrogens with zero attached hydrogens (tertiary/aromatic N) is 2. The average Bonchev–Trinajstić information content (AvgIpc) is 1.65. The second-order valence-corrected chi connectivity index (χ2v) is 33.7. The first-order valence-electron chi connectivity index (χ1n) is 43.5. The fraction of sp³-hybridized carbons (Fsp3) is 0.221. The molecular weight excluding hydrogens is 1740 g/mol. The molecule has 31 heteroatoms. The van der Waals surface area contributed by atoms with Gasteiger partial charge in [-0.15, -0.1) is 11.3 Å². The normalized spacial score (nSPS) is 12.2. The molecule has 11 aromatic carbocycles. The molecule has 2 heterocycles. The number of urea groups is 3. The molecule has 13 rings (SSSR count). The van der Waals surface area contributed by atoms with E-state index in [9.17, 15) is 51.9 Å². The molecule has 135 heavy (non-hydrogen) atoms. The van der Waals surface area contributed by atoms with Crippen LogP contribution in [0.1, 0.15) is 220 Å². The van der Waals surface area contributed by atoms with Gasteiger partial charge in [0.05, 0.1) is 34.9 Å². The molecule has 0 saturated heterocycles. The molecule has 0 unspecified atom stereocenters. The minimum atomic E-state index is -0.878. The number of rotatable bonds is 30. The third-order valence-electron chi connectivity index (χ3n) is 22.0. The van der Waals surface area contributed by atoms with Crippen LogP contribution in [-0.4, -0.2) is 89.6 Å². The number of anilines is 2. The van der Waals surface area contributed by atoms with E-state index in [1.54, 1.807) is 125 Å². The SMILES string of the molecule is CC(C)[C@@H](Cc1nc(-c2cc(-c3ccccc3)no2)cs1)c1ccc(C(=O)NO)cc1.CC(C)[C@@H](NC(=O)N[C@@H](C)c1ccccc1)c1ccc(C(=O)NO)cc1.CC(C)[C@@H](NC(=O)Nc1ccccc1-c1ccccc1)c1ccc(C(=O)NO)cc1.C[C@@H](CC(=O)C[C@H](C)c1ccc(C(=O)NO)cc1)c1ccccc1.C[C@@H](NC(=O)Nc1c(F)cccc1F)c1ccc(C(=O)NO)cc1. The van der Waals surface area contributed by atoms with E-state index in [1.807, 2.05) is 223 Å². The Labute approximate surface area is 785 Å². The van der Waals surface area contributed by atoms with Crippen molar-refractivity contribution in [2.75, 3.05) is 10.6 Å². The van der Waals surface area contributed by atoms with E-state index in [-0.39, 0.29) is 71.1 Å². The minimum Gasteiger partial charge on any atom is -0.354 e. The largest absolute Gasteiger partial charge is 0.354 e. The molecule has 0 fully saturated rings. The van der Waals surface area contributed by atoms with Crippen LogP contribution in [0.2, 0.25) is 0 Å². The maximum atomic E-state index is 13.5. The van der Waals surface area contributed by atoms with E-state index in [4.69, 9.17) is 35.5 Å². The van der Waals surface area contributed by atoms with Gasteiger partial charge in [0.1, 0.15) is 34.5 Å². The third kappa shape index (κ3) is 31.2. The zero-order chi connectivity index (χ0) is 97.6. The van der Waals surface area contributed by atoms with Gasteiger partial charge in [-0.1, -0.05) is 267 Å². The Hall–Kier alpha value is -15.3. The fourth-order valence-corrected chi connectivity index (χ4v) is 15.3. The fourth-order valence-electron chi connectivity index (χ4n) is 14.4. The molecule has 2 aromatic heterocycles. The van der Waals surface area contributed by atoms with E-state index >= 15 is 0 Å². The van der Waals surface area contributed by atoms with E-state index in [2.05, 4.69) is 57.8 Å². The summed E-state index contributed by atoms with van der Waals surface area (Å²) in [4.78, 5) is 111. The van der Waals surface area contributed by atoms with E-state index < -0.39 is 58.9 Å². The molecular formula is C104H111F2N13O15S. The average molecular weight is 1850 g/mol. The first-order chi connectivity index (χ1) is 64.9. The molecule has 0 aliphatic carbocycles. The number of hydrogen-bond acceptors (Lipinski definition) is 18. The first-order valence-corrected chi connectivity index (χ1v) is 44.4. The number of para-hydroxylation sites is 2. The number of benzene rings is 11. The summed E-state index contributed by atoms with van der Waals surface area (Å²) in [5.74, 6) is -2.51. The Morgan fingerprint density at radius 1 is 0.356 bits per heavy atom. The Morgan fingerprint density at radius 3 is 1.14 bits per heavy atom. The van der Waals surface area contributed by atoms with E-state index in [0.717, 1.165) is 85.1 Å². The Balaban J connectivity index is 0.000000190. The highest BCUT2D eigenvalue weighted by atomic mass is 32.1. The summed E-state index contributed by atoms with van der Waals surface area (Å²) in [7, 11) is 0. The minimum absolute atomic E-state index is 0.0895. The lowest BCUT2D eigenvalue weighted by Gasteiger charge is -2.24. The van der Waals surface area contributed by atoms with Crippen molar-refractivity contribution >= 4 is 76.1 Å². The predicted octanol–water partition coefficient (Wildman–Crippen LogP) is 21.1. The lowest BCUT2D eigenvalue weighted by molar-refractivity contribution is -0.119. The highest BCUT2D eigenvalue weighted by Crippen LogP contribution is 2.35. The van der Waals surface area contributed by atoms with E-state index in [0.29, 0.717) is 52.3 Å². The number of hydrogen-bond donors (Lipinski definition) is 16. The van der Waals surface area contributed by atoms with Crippen molar-refractivity contribution < 1.29 is 82.5 Å². The molecule has 16 N–H and O–H groups in total. The molecule has 0 bridgehead atoms. The van der Waals surface area contributed by atoms with Gasteiger partial charge in [-0.2, -0.15) is 0 Å². The number of halogens is 2. The molecule has 702 valence electrons. The molecule has 0 aliphatic rings. The summed E-state index contributed by atoms with van der Waals surface area (Å²) in [5, 5.41) is 67.2. The number of ketones is 1. The van der Waals surface area contributed by atoms with Gasteiger partial charge in [0.2, 0.25) is 0 Å². The number of aromatic nitrogens is 2. The molecule has 0 spiro atoms. The highest BCUT2D eigenvalue weighted by Gasteiger charge is 2.26. The van der Waals surface area contributed by atoms with Gasteiger partial charge in [-0.05, 0) is 173 Å². The zero-order valence-electron chi connectivity index (χ0n) is 76.1. The van der Waals surface area contributed by atoms with Crippen molar-refractivity contribution in [1.29, 1.82) is 0 Å². The van der Waals surface area contributed by atoms with Crippen LogP contribution in [0.5, 0.6) is 0 Å². The lowest BCUT2D eigenvalue weighted by Crippen LogP contribution is -2.40. The molecule has 11 amide bonds. The number of thiazole rings is 1. The van der Waals surface area contributed by atoms with Crippen LogP contribution in [-0.2, 0) is 11.2 Å². The number of Topliss-reactive ketones (excluding diaryl/α,β-unsaturated/α-hetero) is 1. The Bertz CT molecular complexity index is 5990. The Kier molecular flexibility index (Phi) is 39.9. The van der Waals surface area contributed by atoms with Crippen LogP contribution in [0, 0.1) is 29.4 Å². The number of hydroxylamine groups is 5. The van der Waals surface area contributed by atoms with Crippen LogP contribution in [0.3, 0.4) is 0 Å². The Morgan fingerprint density at radius 2 is 0.711 bits per heavy atom. The van der Waals surface area contributed by atoms with Crippen LogP contribution >= 0.6 is 11.3 Å². The number of carbonyl (C=O) groups excluding carboxylic acids is 9. The second-order valence-electron chi connectivity index (χ2n) is 32.7. The first kappa shape index (κ1) is 103. The summed E-state index contributed by atoms with van der Waals surface area (Å²) in [5.41, 5.74) is 21.2. The third-order valence-corrected chi connectivity index (χ3v) is 22.8. The second kappa shape index (κ2) is 52.1. The highest BCUT2D eigenvalue weighted by molar-refractivity contribution is 7.10. The molecule has 0 aliphatic heterocycles. The maximum absolute atomic E-state index is 13.5. The van der Waals surface area contributed by atoms with Crippen molar-refractivity contribution in [3.63, 3.8) is 0 Å². The van der Waals surface area contributed by atoms with Crippen molar-refractivity contribution in [3.8, 4) is 33.8 Å².